The fraction of sp³-hybridized carbons (Fsp3) is 0.375. The van der Waals surface area contributed by atoms with Gasteiger partial charge in [0.25, 0.3) is 5.91 Å². The quantitative estimate of drug-likeness (QED) is 0.300. The molecule has 0 radical (unpaired) electrons. The van der Waals surface area contributed by atoms with Crippen molar-refractivity contribution >= 4 is 17.8 Å². The molecule has 8 nitrogen and oxygen atoms in total. The molecule has 5 rings (SSSR count). The number of amides is 1. The smallest absolute Gasteiger partial charge is 0.328 e. The molecule has 1 aromatic heterocycles. The molecule has 208 valence electrons. The van der Waals surface area contributed by atoms with Crippen LogP contribution < -0.4 is 14.8 Å². The first-order valence-corrected chi connectivity index (χ1v) is 13.8. The van der Waals surface area contributed by atoms with Gasteiger partial charge in [-0.2, -0.15) is 0 Å². The van der Waals surface area contributed by atoms with E-state index in [1.165, 1.54) is 24.9 Å². The van der Waals surface area contributed by atoms with Crippen molar-refractivity contribution in [3.8, 4) is 11.5 Å². The molecule has 1 amide bonds. The molecule has 0 spiro atoms. The average Bonchev–Trinajstić information content (AvgIpc) is 3.79. The summed E-state index contributed by atoms with van der Waals surface area (Å²) in [6.45, 7) is 1.57. The summed E-state index contributed by atoms with van der Waals surface area (Å²) in [5.41, 5.74) is 3.35. The first-order chi connectivity index (χ1) is 19.4. The second-order valence-corrected chi connectivity index (χ2v) is 10.5. The summed E-state index contributed by atoms with van der Waals surface area (Å²) < 4.78 is 16.9. The Morgan fingerprint density at radius 2 is 1.75 bits per heavy atom. The lowest BCUT2D eigenvalue weighted by Gasteiger charge is -2.28. The molecule has 40 heavy (non-hydrogen) atoms. The zero-order chi connectivity index (χ0) is 28.1. The lowest BCUT2D eigenvalue weighted by atomic mass is 9.84. The molecule has 0 saturated heterocycles. The summed E-state index contributed by atoms with van der Waals surface area (Å²) >= 11 is 0. The van der Waals surface area contributed by atoms with Crippen LogP contribution in [0.5, 0.6) is 11.5 Å². The Bertz CT molecular complexity index is 1370. The van der Waals surface area contributed by atoms with Gasteiger partial charge in [-0.1, -0.05) is 54.6 Å². The Hall–Kier alpha value is -4.20. The summed E-state index contributed by atoms with van der Waals surface area (Å²) in [5, 5.41) is 2.67. The molecule has 8 heteroatoms. The van der Waals surface area contributed by atoms with E-state index in [2.05, 4.69) is 34.6 Å². The van der Waals surface area contributed by atoms with Gasteiger partial charge in [-0.3, -0.25) is 9.59 Å². The molecule has 2 aliphatic rings. The number of nitrogens with zero attached hydrogens (tertiary/aromatic N) is 1. The molecule has 2 aromatic carbocycles. The van der Waals surface area contributed by atoms with Crippen molar-refractivity contribution in [2.45, 2.75) is 63.5 Å². The van der Waals surface area contributed by atoms with Crippen molar-refractivity contribution in [3.63, 3.8) is 0 Å². The van der Waals surface area contributed by atoms with Gasteiger partial charge < -0.3 is 19.5 Å². The molecule has 0 aliphatic heterocycles. The van der Waals surface area contributed by atoms with E-state index in [0.29, 0.717) is 12.3 Å². The number of methoxy groups -OCH3 is 1. The molecule has 0 bridgehead atoms. The van der Waals surface area contributed by atoms with E-state index < -0.39 is 30.0 Å². The van der Waals surface area contributed by atoms with Crippen LogP contribution in [0.4, 0.5) is 0 Å². The first-order valence-electron chi connectivity index (χ1n) is 13.8. The minimum Gasteiger partial charge on any atom is -0.493 e. The van der Waals surface area contributed by atoms with Crippen molar-refractivity contribution in [2.75, 3.05) is 7.11 Å². The summed E-state index contributed by atoms with van der Waals surface area (Å²) in [5.74, 6) is -1.31. The zero-order valence-electron chi connectivity index (χ0n) is 22.8. The second kappa shape index (κ2) is 12.3. The standard InChI is InChI=1S/C32H34N2O6/c1-20(34-31(36)29-30(26(38-2)17-18-33-29)40-27(35)19-21-15-16-21)32(37)39-25-14-8-12-22-9-6-7-13-24(22)28(25)23-10-4-3-5-11-23/h3-7,9-11,13,17-18,20-21,25,28H,8,12,14-16,19H2,1-2H3,(H,34,36)/t20-,25?,28?/m0/s1. The highest BCUT2D eigenvalue weighted by atomic mass is 16.6. The molecule has 1 N–H and O–H groups in total. The van der Waals surface area contributed by atoms with Crippen molar-refractivity contribution < 1.29 is 28.6 Å². The Morgan fingerprint density at radius 3 is 2.50 bits per heavy atom. The molecule has 1 fully saturated rings. The van der Waals surface area contributed by atoms with Crippen LogP contribution >= 0.6 is 0 Å². The van der Waals surface area contributed by atoms with Crippen LogP contribution in [0.25, 0.3) is 0 Å². The number of carbonyl (C=O) groups is 3. The normalized spacial score (nSPS) is 18.9. The highest BCUT2D eigenvalue weighted by Gasteiger charge is 2.34. The number of pyridine rings is 1. The van der Waals surface area contributed by atoms with Crippen molar-refractivity contribution in [2.24, 2.45) is 5.92 Å². The van der Waals surface area contributed by atoms with Crippen LogP contribution in [0.2, 0.25) is 0 Å². The highest BCUT2D eigenvalue weighted by molar-refractivity contribution is 5.98. The van der Waals surface area contributed by atoms with Crippen molar-refractivity contribution in [3.05, 3.63) is 89.2 Å². The molecule has 1 saturated carbocycles. The third-order valence-corrected chi connectivity index (χ3v) is 7.50. The first kappa shape index (κ1) is 27.4. The monoisotopic (exact) mass is 542 g/mol. The van der Waals surface area contributed by atoms with Gasteiger partial charge in [0.15, 0.2) is 11.4 Å². The van der Waals surface area contributed by atoms with E-state index >= 15 is 0 Å². The van der Waals surface area contributed by atoms with Gasteiger partial charge in [0.1, 0.15) is 12.1 Å². The fourth-order valence-corrected chi connectivity index (χ4v) is 5.25. The van der Waals surface area contributed by atoms with Crippen LogP contribution in [-0.2, 0) is 20.7 Å². The predicted octanol–water partition coefficient (Wildman–Crippen LogP) is 4.99. The second-order valence-electron chi connectivity index (χ2n) is 10.5. The fourth-order valence-electron chi connectivity index (χ4n) is 5.25. The number of hydrogen-bond donors (Lipinski definition) is 1. The van der Waals surface area contributed by atoms with E-state index in [0.717, 1.165) is 36.8 Å². The van der Waals surface area contributed by atoms with Crippen molar-refractivity contribution in [1.82, 2.24) is 10.3 Å². The SMILES string of the molecule is COc1ccnc(C(=O)N[C@@H](C)C(=O)OC2CCCc3ccccc3C2c2ccccc2)c1OC(=O)CC1CC1. The van der Waals surface area contributed by atoms with E-state index in [1.54, 1.807) is 6.92 Å². The van der Waals surface area contributed by atoms with Gasteiger partial charge in [0, 0.05) is 24.6 Å². The average molecular weight is 543 g/mol. The number of nitrogens with one attached hydrogen (secondary N) is 1. The molecule has 2 unspecified atom stereocenters. The summed E-state index contributed by atoms with van der Waals surface area (Å²) in [4.78, 5) is 43.1. The van der Waals surface area contributed by atoms with Gasteiger partial charge in [-0.15, -0.1) is 0 Å². The zero-order valence-corrected chi connectivity index (χ0v) is 22.8. The van der Waals surface area contributed by atoms with Crippen molar-refractivity contribution in [1.29, 1.82) is 0 Å². The van der Waals surface area contributed by atoms with Gasteiger partial charge in [-0.25, -0.2) is 9.78 Å². The maximum atomic E-state index is 13.3. The third-order valence-electron chi connectivity index (χ3n) is 7.50. The predicted molar refractivity (Wildman–Crippen MR) is 148 cm³/mol. The number of hydrogen-bond acceptors (Lipinski definition) is 7. The van der Waals surface area contributed by atoms with Gasteiger partial charge in [0.05, 0.1) is 7.11 Å². The molecule has 2 aliphatic carbocycles. The molecule has 3 aromatic rings. The number of ether oxygens (including phenoxy) is 3. The van der Waals surface area contributed by atoms with Gasteiger partial charge >= 0.3 is 11.9 Å². The summed E-state index contributed by atoms with van der Waals surface area (Å²) in [6, 6.07) is 18.9. The minimum absolute atomic E-state index is 0.0572. The van der Waals surface area contributed by atoms with Gasteiger partial charge in [0.2, 0.25) is 5.75 Å². The van der Waals surface area contributed by atoms with Crippen LogP contribution in [-0.4, -0.2) is 42.1 Å². The van der Waals surface area contributed by atoms with Crippen LogP contribution in [0.1, 0.15) is 72.1 Å². The molecule has 3 atom stereocenters. The number of fused-ring (bicyclic) bond motifs is 1. The Labute approximate surface area is 234 Å². The lowest BCUT2D eigenvalue weighted by molar-refractivity contribution is -0.152. The van der Waals surface area contributed by atoms with Crippen LogP contribution in [0.15, 0.2) is 66.9 Å². The lowest BCUT2D eigenvalue weighted by Crippen LogP contribution is -2.42. The summed E-state index contributed by atoms with van der Waals surface area (Å²) in [7, 11) is 1.42. The van der Waals surface area contributed by atoms with E-state index in [-0.39, 0.29) is 29.5 Å². The number of aryl methyl sites for hydroxylation is 1. The highest BCUT2D eigenvalue weighted by Crippen LogP contribution is 2.38. The minimum atomic E-state index is -0.967. The summed E-state index contributed by atoms with van der Waals surface area (Å²) in [6.07, 6.45) is 5.72. The number of rotatable bonds is 9. The van der Waals surface area contributed by atoms with Gasteiger partial charge in [-0.05, 0) is 61.6 Å². The largest absolute Gasteiger partial charge is 0.493 e. The Balaban J connectivity index is 1.32. The number of benzene rings is 2. The topological polar surface area (TPSA) is 104 Å². The van der Waals surface area contributed by atoms with E-state index in [4.69, 9.17) is 14.2 Å². The van der Waals surface area contributed by atoms with E-state index in [9.17, 15) is 14.4 Å². The van der Waals surface area contributed by atoms with E-state index in [1.807, 2.05) is 30.3 Å². The van der Waals surface area contributed by atoms with Crippen LogP contribution in [0.3, 0.4) is 0 Å². The maximum Gasteiger partial charge on any atom is 0.328 e. The third kappa shape index (κ3) is 6.33. The van der Waals surface area contributed by atoms with Crippen LogP contribution in [0, 0.1) is 5.92 Å². The number of carbonyl (C=O) groups excluding carboxylic acids is 3. The Morgan fingerprint density at radius 1 is 1.00 bits per heavy atom. The maximum absolute atomic E-state index is 13.3. The number of esters is 2. The Kier molecular flexibility index (Phi) is 8.43. The molecule has 1 heterocycles. The molecular weight excluding hydrogens is 508 g/mol. The number of aromatic nitrogens is 1. The molecular formula is C32H34N2O6.